The maximum atomic E-state index is 13.3. The van der Waals surface area contributed by atoms with Gasteiger partial charge in [0.25, 0.3) is 5.91 Å². The Morgan fingerprint density at radius 3 is 2.81 bits per heavy atom. The number of nitrogens with two attached hydrogens (primary N) is 1. The van der Waals surface area contributed by atoms with Crippen LogP contribution in [0.4, 0.5) is 8.78 Å². The molecule has 6 rings (SSSR count). The van der Waals surface area contributed by atoms with E-state index in [0.717, 1.165) is 36.5 Å². The number of ether oxygens (including phenoxy) is 1. The standard InChI is InChI=1S/C27H30F2N6O2/c1-27(2,14-30)34-9-7-15(8-10-34)16-12-31-26-32-22-19-11-18(23(22)35(26)13-16)21-17(24(36)33(19)3)5-4-6-20(21)37-25(28)29/h4-7,12-13,18-19,25H,8-11,14,30H2,1-3H3. The van der Waals surface area contributed by atoms with Crippen molar-refractivity contribution < 1.29 is 18.3 Å². The molecule has 2 atom stereocenters. The molecule has 0 fully saturated rings. The molecule has 2 aliphatic heterocycles. The molecule has 37 heavy (non-hydrogen) atoms. The normalized spacial score (nSPS) is 21.8. The van der Waals surface area contributed by atoms with Gasteiger partial charge in [-0.3, -0.25) is 14.1 Å². The Morgan fingerprint density at radius 2 is 2.11 bits per heavy atom. The molecule has 3 aliphatic rings. The minimum Gasteiger partial charge on any atom is -0.434 e. The van der Waals surface area contributed by atoms with E-state index in [2.05, 4.69) is 29.8 Å². The van der Waals surface area contributed by atoms with Crippen LogP contribution in [0.3, 0.4) is 0 Å². The summed E-state index contributed by atoms with van der Waals surface area (Å²) in [7, 11) is 1.74. The van der Waals surface area contributed by atoms with Gasteiger partial charge in [-0.2, -0.15) is 8.78 Å². The molecule has 4 heterocycles. The lowest BCUT2D eigenvalue weighted by molar-refractivity contribution is -0.0506. The van der Waals surface area contributed by atoms with Crippen molar-refractivity contribution in [3.63, 3.8) is 0 Å². The summed E-state index contributed by atoms with van der Waals surface area (Å²) in [6.07, 6.45) is 7.52. The molecule has 8 nitrogen and oxygen atoms in total. The predicted octanol–water partition coefficient (Wildman–Crippen LogP) is 3.82. The molecule has 2 unspecified atom stereocenters. The third-order valence-corrected chi connectivity index (χ3v) is 8.23. The highest BCUT2D eigenvalue weighted by atomic mass is 19.3. The van der Waals surface area contributed by atoms with Gasteiger partial charge in [-0.05, 0) is 44.4 Å². The number of alkyl halides is 2. The molecule has 0 saturated heterocycles. The Labute approximate surface area is 213 Å². The smallest absolute Gasteiger partial charge is 0.387 e. The molecule has 194 valence electrons. The van der Waals surface area contributed by atoms with Crippen LogP contribution in [0.25, 0.3) is 11.4 Å². The fourth-order valence-corrected chi connectivity index (χ4v) is 6.00. The van der Waals surface area contributed by atoms with Crippen LogP contribution in [0, 0.1) is 0 Å². The van der Waals surface area contributed by atoms with E-state index in [-0.39, 0.29) is 29.2 Å². The van der Waals surface area contributed by atoms with E-state index in [1.54, 1.807) is 24.1 Å². The van der Waals surface area contributed by atoms with Gasteiger partial charge in [-0.1, -0.05) is 12.1 Å². The molecule has 1 amide bonds. The third-order valence-electron chi connectivity index (χ3n) is 8.23. The van der Waals surface area contributed by atoms with Gasteiger partial charge in [-0.25, -0.2) is 9.97 Å². The van der Waals surface area contributed by atoms with Gasteiger partial charge in [0.2, 0.25) is 5.78 Å². The highest BCUT2D eigenvalue weighted by Crippen LogP contribution is 2.52. The van der Waals surface area contributed by atoms with Crippen LogP contribution in [-0.4, -0.2) is 68.9 Å². The van der Waals surface area contributed by atoms with Gasteiger partial charge < -0.3 is 15.4 Å². The van der Waals surface area contributed by atoms with Crippen molar-refractivity contribution in [3.8, 4) is 5.75 Å². The van der Waals surface area contributed by atoms with Crippen molar-refractivity contribution in [2.24, 2.45) is 5.73 Å². The summed E-state index contributed by atoms with van der Waals surface area (Å²) in [5.41, 5.74) is 10.6. The maximum Gasteiger partial charge on any atom is 0.387 e. The second-order valence-corrected chi connectivity index (χ2v) is 10.7. The molecule has 2 bridgehead atoms. The summed E-state index contributed by atoms with van der Waals surface area (Å²) in [6.45, 7) is 3.61. The largest absolute Gasteiger partial charge is 0.434 e. The van der Waals surface area contributed by atoms with Crippen molar-refractivity contribution in [1.29, 1.82) is 0 Å². The molecule has 0 radical (unpaired) electrons. The van der Waals surface area contributed by atoms with Crippen LogP contribution >= 0.6 is 0 Å². The number of rotatable bonds is 5. The molecule has 0 spiro atoms. The van der Waals surface area contributed by atoms with Gasteiger partial charge >= 0.3 is 6.61 Å². The number of carbonyl (C=O) groups excluding carboxylic acids is 1. The fraction of sp³-hybridized carbons (Fsp3) is 0.444. The SMILES string of the molecule is CN1C(=O)c2cccc(OC(F)F)c2C2CC1c1nc3ncc(C4=CCN(C(C)(C)CN)CC4)cn3c12. The number of carbonyl (C=O) groups is 1. The summed E-state index contributed by atoms with van der Waals surface area (Å²) in [5.74, 6) is 0.00897. The summed E-state index contributed by atoms with van der Waals surface area (Å²) in [5, 5.41) is 0. The summed E-state index contributed by atoms with van der Waals surface area (Å²) in [4.78, 5) is 26.8. The van der Waals surface area contributed by atoms with Gasteiger partial charge in [0, 0.05) is 67.2 Å². The molecule has 1 aliphatic carbocycles. The lowest BCUT2D eigenvalue weighted by Gasteiger charge is -2.39. The third kappa shape index (κ3) is 3.73. The van der Waals surface area contributed by atoms with Crippen molar-refractivity contribution >= 4 is 17.3 Å². The van der Waals surface area contributed by atoms with Gasteiger partial charge in [0.1, 0.15) is 5.75 Å². The molecule has 2 N–H and O–H groups in total. The lowest BCUT2D eigenvalue weighted by atomic mass is 9.91. The highest BCUT2D eigenvalue weighted by molar-refractivity contribution is 5.98. The first-order valence-electron chi connectivity index (χ1n) is 12.6. The van der Waals surface area contributed by atoms with Crippen LogP contribution < -0.4 is 10.5 Å². The highest BCUT2D eigenvalue weighted by Gasteiger charge is 2.46. The average Bonchev–Trinajstić information content (AvgIpc) is 3.41. The molecule has 1 aromatic carbocycles. The number of imidazole rings is 1. The predicted molar refractivity (Wildman–Crippen MR) is 135 cm³/mol. The minimum absolute atomic E-state index is 0.0319. The van der Waals surface area contributed by atoms with E-state index in [0.29, 0.717) is 29.9 Å². The second-order valence-electron chi connectivity index (χ2n) is 10.7. The Bertz CT molecular complexity index is 1430. The van der Waals surface area contributed by atoms with Crippen LogP contribution in [0.1, 0.15) is 71.5 Å². The van der Waals surface area contributed by atoms with Crippen molar-refractivity contribution in [2.45, 2.75) is 50.8 Å². The number of nitrogens with zero attached hydrogens (tertiary/aromatic N) is 5. The first-order valence-corrected chi connectivity index (χ1v) is 12.6. The summed E-state index contributed by atoms with van der Waals surface area (Å²) >= 11 is 0. The number of benzene rings is 1. The molecule has 2 aromatic heterocycles. The van der Waals surface area contributed by atoms with Crippen LogP contribution in [0.5, 0.6) is 5.75 Å². The number of hydrogen-bond acceptors (Lipinski definition) is 6. The first-order chi connectivity index (χ1) is 17.7. The Balaban J connectivity index is 1.46. The Kier molecular flexibility index (Phi) is 5.57. The first kappa shape index (κ1) is 24.0. The van der Waals surface area contributed by atoms with Crippen LogP contribution in [0.2, 0.25) is 0 Å². The Morgan fingerprint density at radius 1 is 1.30 bits per heavy atom. The molecule has 10 heteroatoms. The number of amides is 1. The van der Waals surface area contributed by atoms with Gasteiger partial charge in [0.15, 0.2) is 0 Å². The second kappa shape index (κ2) is 8.59. The Hall–Kier alpha value is -3.37. The number of aromatic nitrogens is 3. The van der Waals surface area contributed by atoms with Gasteiger partial charge in [0.05, 0.1) is 17.4 Å². The zero-order valence-corrected chi connectivity index (χ0v) is 21.1. The quantitative estimate of drug-likeness (QED) is 0.564. The zero-order valence-electron chi connectivity index (χ0n) is 21.1. The zero-order chi connectivity index (χ0) is 26.1. The van der Waals surface area contributed by atoms with E-state index in [4.69, 9.17) is 15.5 Å². The topological polar surface area (TPSA) is 89.0 Å². The van der Waals surface area contributed by atoms with Crippen molar-refractivity contribution in [1.82, 2.24) is 24.2 Å². The maximum absolute atomic E-state index is 13.3. The number of hydrogen-bond donors (Lipinski definition) is 1. The van der Waals surface area contributed by atoms with Gasteiger partial charge in [-0.15, -0.1) is 0 Å². The van der Waals surface area contributed by atoms with E-state index in [1.165, 1.54) is 11.6 Å². The van der Waals surface area contributed by atoms with E-state index >= 15 is 0 Å². The fourth-order valence-electron chi connectivity index (χ4n) is 6.00. The molecule has 0 saturated carbocycles. The van der Waals surface area contributed by atoms with E-state index in [9.17, 15) is 13.6 Å². The van der Waals surface area contributed by atoms with Crippen molar-refractivity contribution in [2.75, 3.05) is 26.7 Å². The number of halogens is 2. The van der Waals surface area contributed by atoms with E-state index < -0.39 is 6.61 Å². The number of fused-ring (bicyclic) bond motifs is 9. The van der Waals surface area contributed by atoms with Crippen LogP contribution in [0.15, 0.2) is 36.7 Å². The lowest BCUT2D eigenvalue weighted by Crippen LogP contribution is -2.50. The minimum atomic E-state index is -2.99. The monoisotopic (exact) mass is 508 g/mol. The molecular formula is C27H30F2N6O2. The summed E-state index contributed by atoms with van der Waals surface area (Å²) < 4.78 is 33.5. The van der Waals surface area contributed by atoms with Crippen molar-refractivity contribution in [3.05, 3.63) is 64.7 Å². The molecular weight excluding hydrogens is 478 g/mol. The molecule has 3 aromatic rings. The average molecular weight is 509 g/mol. The van der Waals surface area contributed by atoms with E-state index in [1.807, 2.05) is 16.8 Å². The summed E-state index contributed by atoms with van der Waals surface area (Å²) in [6, 6.07) is 4.50. The van der Waals surface area contributed by atoms with Crippen LogP contribution in [-0.2, 0) is 0 Å².